The summed E-state index contributed by atoms with van der Waals surface area (Å²) in [5.74, 6) is -0.0763. The Bertz CT molecular complexity index is 432. The maximum atomic E-state index is 10.9. The summed E-state index contributed by atoms with van der Waals surface area (Å²) in [5.41, 5.74) is 0.505. The van der Waals surface area contributed by atoms with Crippen LogP contribution in [0, 0.1) is 0 Å². The van der Waals surface area contributed by atoms with E-state index in [0.717, 1.165) is 12.5 Å². The zero-order valence-corrected chi connectivity index (χ0v) is 7.19. The fourth-order valence-corrected chi connectivity index (χ4v) is 1.02. The average molecular weight is 178 g/mol. The molecule has 0 spiro atoms. The smallest absolute Gasteiger partial charge is 0.159 e. The normalized spacial score (nSPS) is 13.3. The molecule has 0 amide bonds. The van der Waals surface area contributed by atoms with E-state index in [1.54, 1.807) is 12.1 Å². The maximum Gasteiger partial charge on any atom is 0.159 e. The number of rotatable bonds is 1. The Kier molecular flexibility index (Phi) is 2.69. The molecule has 68 valence electrons. The zero-order chi connectivity index (χ0) is 9.84. The SMILES string of the molecule is CC(=O)c1ccc(=CO)c(=CO)c1. The predicted octanol–water partition coefficient (Wildman–Crippen LogP) is 0.481. The molecule has 13 heavy (non-hydrogen) atoms. The van der Waals surface area contributed by atoms with E-state index in [2.05, 4.69) is 0 Å². The van der Waals surface area contributed by atoms with Gasteiger partial charge in [0.1, 0.15) is 0 Å². The van der Waals surface area contributed by atoms with Gasteiger partial charge in [-0.05, 0) is 13.0 Å². The second kappa shape index (κ2) is 3.76. The summed E-state index contributed by atoms with van der Waals surface area (Å²) in [6.07, 6.45) is 1.74. The van der Waals surface area contributed by atoms with Crippen LogP contribution in [0.4, 0.5) is 0 Å². The summed E-state index contributed by atoms with van der Waals surface area (Å²) in [4.78, 5) is 10.9. The Morgan fingerprint density at radius 1 is 1.23 bits per heavy atom. The number of aliphatic hydroxyl groups is 2. The molecule has 0 fully saturated rings. The first-order valence-corrected chi connectivity index (χ1v) is 3.79. The molecule has 0 radical (unpaired) electrons. The molecule has 0 saturated heterocycles. The molecule has 0 bridgehead atoms. The van der Waals surface area contributed by atoms with Crippen LogP contribution in [0.5, 0.6) is 0 Å². The van der Waals surface area contributed by atoms with Gasteiger partial charge in [-0.25, -0.2) is 0 Å². The third kappa shape index (κ3) is 1.87. The molecule has 1 rings (SSSR count). The number of carbonyl (C=O) groups is 1. The number of Topliss-reactive ketones (excluding diaryl/α,β-unsaturated/α-hetero) is 1. The van der Waals surface area contributed by atoms with Crippen LogP contribution in [0.15, 0.2) is 18.2 Å². The molecule has 0 atom stereocenters. The predicted molar refractivity (Wildman–Crippen MR) is 49.9 cm³/mol. The lowest BCUT2D eigenvalue weighted by Gasteiger charge is -1.94. The van der Waals surface area contributed by atoms with Crippen LogP contribution >= 0.6 is 0 Å². The van der Waals surface area contributed by atoms with Crippen LogP contribution in [0.3, 0.4) is 0 Å². The van der Waals surface area contributed by atoms with Crippen LogP contribution in [0.25, 0.3) is 12.5 Å². The third-order valence-corrected chi connectivity index (χ3v) is 1.77. The lowest BCUT2D eigenvalue weighted by molar-refractivity contribution is 0.101. The molecule has 0 aliphatic rings. The first-order chi connectivity index (χ1) is 6.19. The first kappa shape index (κ1) is 9.32. The van der Waals surface area contributed by atoms with Crippen molar-refractivity contribution < 1.29 is 15.0 Å². The molecule has 0 heterocycles. The first-order valence-electron chi connectivity index (χ1n) is 3.79. The van der Waals surface area contributed by atoms with Gasteiger partial charge >= 0.3 is 0 Å². The van der Waals surface area contributed by atoms with Crippen molar-refractivity contribution in [3.63, 3.8) is 0 Å². The number of carbonyl (C=O) groups excluding carboxylic acids is 1. The van der Waals surface area contributed by atoms with Gasteiger partial charge in [-0.2, -0.15) is 0 Å². The Morgan fingerprint density at radius 2 is 1.85 bits per heavy atom. The van der Waals surface area contributed by atoms with Crippen molar-refractivity contribution in [3.05, 3.63) is 34.2 Å². The highest BCUT2D eigenvalue weighted by molar-refractivity contribution is 5.93. The highest BCUT2D eigenvalue weighted by atomic mass is 16.2. The van der Waals surface area contributed by atoms with Gasteiger partial charge in [-0.3, -0.25) is 4.79 Å². The minimum absolute atomic E-state index is 0.0763. The Morgan fingerprint density at radius 3 is 2.31 bits per heavy atom. The molecule has 0 aliphatic carbocycles. The van der Waals surface area contributed by atoms with E-state index in [-0.39, 0.29) is 5.78 Å². The standard InChI is InChI=1S/C10H10O3/c1-7(13)8-2-3-9(5-11)10(4-8)6-12/h2-6,11-12H,1H3. The summed E-state index contributed by atoms with van der Waals surface area (Å²) in [5, 5.41) is 18.4. The lowest BCUT2D eigenvalue weighted by Crippen LogP contribution is -2.25. The summed E-state index contributed by atoms with van der Waals surface area (Å²) >= 11 is 0. The highest BCUT2D eigenvalue weighted by Gasteiger charge is 1.97. The van der Waals surface area contributed by atoms with Crippen molar-refractivity contribution in [1.29, 1.82) is 0 Å². The number of benzene rings is 1. The van der Waals surface area contributed by atoms with Crippen LogP contribution in [-0.4, -0.2) is 16.0 Å². The summed E-state index contributed by atoms with van der Waals surface area (Å²) in [6, 6.07) is 4.68. The molecule has 3 heteroatoms. The van der Waals surface area contributed by atoms with E-state index in [4.69, 9.17) is 10.2 Å². The molecule has 0 aliphatic heterocycles. The minimum Gasteiger partial charge on any atom is -0.515 e. The topological polar surface area (TPSA) is 57.5 Å². The molecule has 0 saturated carbocycles. The molecule has 3 nitrogen and oxygen atoms in total. The number of ketones is 1. The highest BCUT2D eigenvalue weighted by Crippen LogP contribution is 1.92. The summed E-state index contributed by atoms with van der Waals surface area (Å²) < 4.78 is 0. The van der Waals surface area contributed by atoms with Gasteiger partial charge in [0.2, 0.25) is 0 Å². The van der Waals surface area contributed by atoms with Crippen LogP contribution in [0.2, 0.25) is 0 Å². The molecule has 1 aromatic carbocycles. The number of hydrogen-bond acceptors (Lipinski definition) is 3. The number of aliphatic hydroxyl groups excluding tert-OH is 2. The molecule has 0 aromatic heterocycles. The van der Waals surface area contributed by atoms with Crippen molar-refractivity contribution in [2.45, 2.75) is 6.92 Å². The second-order valence-corrected chi connectivity index (χ2v) is 2.66. The van der Waals surface area contributed by atoms with Gasteiger partial charge in [0.05, 0.1) is 12.5 Å². The lowest BCUT2D eigenvalue weighted by atomic mass is 10.1. The fraction of sp³-hybridized carbons (Fsp3) is 0.100. The second-order valence-electron chi connectivity index (χ2n) is 2.66. The average Bonchev–Trinajstić information content (AvgIpc) is 2.16. The summed E-state index contributed by atoms with van der Waals surface area (Å²) in [7, 11) is 0. The van der Waals surface area contributed by atoms with Crippen LogP contribution < -0.4 is 10.4 Å². The quantitative estimate of drug-likeness (QED) is 0.615. The van der Waals surface area contributed by atoms with E-state index in [0.29, 0.717) is 16.0 Å². The van der Waals surface area contributed by atoms with E-state index in [9.17, 15) is 4.79 Å². The van der Waals surface area contributed by atoms with Gasteiger partial charge in [0.25, 0.3) is 0 Å². The van der Waals surface area contributed by atoms with Gasteiger partial charge in [-0.15, -0.1) is 0 Å². The Balaban J connectivity index is 3.49. The minimum atomic E-state index is -0.0763. The molecular weight excluding hydrogens is 168 g/mol. The van der Waals surface area contributed by atoms with Crippen LogP contribution in [-0.2, 0) is 0 Å². The number of hydrogen-bond donors (Lipinski definition) is 2. The fourth-order valence-electron chi connectivity index (χ4n) is 1.02. The zero-order valence-electron chi connectivity index (χ0n) is 7.19. The van der Waals surface area contributed by atoms with E-state index in [1.165, 1.54) is 13.0 Å². The third-order valence-electron chi connectivity index (χ3n) is 1.77. The van der Waals surface area contributed by atoms with Crippen LogP contribution in [0.1, 0.15) is 17.3 Å². The maximum absolute atomic E-state index is 10.9. The van der Waals surface area contributed by atoms with E-state index in [1.807, 2.05) is 0 Å². The van der Waals surface area contributed by atoms with Crippen molar-refractivity contribution in [3.8, 4) is 0 Å². The molecular formula is C10H10O3. The van der Waals surface area contributed by atoms with Gasteiger partial charge < -0.3 is 10.2 Å². The van der Waals surface area contributed by atoms with E-state index < -0.39 is 0 Å². The van der Waals surface area contributed by atoms with Gasteiger partial charge in [-0.1, -0.05) is 12.1 Å². The van der Waals surface area contributed by atoms with Gasteiger partial charge in [0.15, 0.2) is 5.78 Å². The molecule has 2 N–H and O–H groups in total. The molecule has 1 aromatic rings. The van der Waals surface area contributed by atoms with Crippen molar-refractivity contribution in [2.75, 3.05) is 0 Å². The van der Waals surface area contributed by atoms with Crippen molar-refractivity contribution in [1.82, 2.24) is 0 Å². The monoisotopic (exact) mass is 178 g/mol. The molecule has 0 unspecified atom stereocenters. The Labute approximate surface area is 75.3 Å². The van der Waals surface area contributed by atoms with E-state index >= 15 is 0 Å². The largest absolute Gasteiger partial charge is 0.515 e. The van der Waals surface area contributed by atoms with Gasteiger partial charge in [0, 0.05) is 16.0 Å². The van der Waals surface area contributed by atoms with Crippen molar-refractivity contribution in [2.24, 2.45) is 0 Å². The Hall–Kier alpha value is -1.77. The van der Waals surface area contributed by atoms with Crippen molar-refractivity contribution >= 4 is 18.3 Å². The summed E-state index contributed by atoms with van der Waals surface area (Å²) in [6.45, 7) is 1.44.